The molecular formula is C17H19NO3. The van der Waals surface area contributed by atoms with Crippen LogP contribution in [0.15, 0.2) is 30.5 Å². The summed E-state index contributed by atoms with van der Waals surface area (Å²) in [5.41, 5.74) is 3.76. The van der Waals surface area contributed by atoms with Crippen molar-refractivity contribution in [2.24, 2.45) is 0 Å². The number of aromatic nitrogens is 1. The molecular weight excluding hydrogens is 266 g/mol. The predicted molar refractivity (Wildman–Crippen MR) is 81.3 cm³/mol. The van der Waals surface area contributed by atoms with Crippen LogP contribution < -0.4 is 4.74 Å². The fourth-order valence-corrected chi connectivity index (χ4v) is 3.30. The van der Waals surface area contributed by atoms with Crippen LogP contribution in [-0.4, -0.2) is 31.1 Å². The average molecular weight is 285 g/mol. The Morgan fingerprint density at radius 3 is 2.81 bits per heavy atom. The van der Waals surface area contributed by atoms with Gasteiger partial charge in [-0.25, -0.2) is 0 Å². The summed E-state index contributed by atoms with van der Waals surface area (Å²) in [6.07, 6.45) is 7.08. The van der Waals surface area contributed by atoms with Gasteiger partial charge in [-0.05, 0) is 30.2 Å². The van der Waals surface area contributed by atoms with E-state index in [1.807, 2.05) is 6.07 Å². The Balaban J connectivity index is 1.69. The summed E-state index contributed by atoms with van der Waals surface area (Å²) in [5.74, 6) is 0.534. The van der Waals surface area contributed by atoms with Crippen molar-refractivity contribution in [1.29, 1.82) is 0 Å². The molecule has 0 atom stereocenters. The molecule has 0 unspecified atom stereocenters. The van der Waals surface area contributed by atoms with Crippen molar-refractivity contribution < 1.29 is 14.2 Å². The van der Waals surface area contributed by atoms with Gasteiger partial charge in [-0.15, -0.1) is 0 Å². The van der Waals surface area contributed by atoms with Crippen molar-refractivity contribution in [3.05, 3.63) is 36.0 Å². The molecule has 4 rings (SSSR count). The topological polar surface area (TPSA) is 43.5 Å². The number of benzene rings is 1. The van der Waals surface area contributed by atoms with Crippen molar-refractivity contribution in [1.82, 2.24) is 4.98 Å². The van der Waals surface area contributed by atoms with Crippen LogP contribution in [0.25, 0.3) is 16.5 Å². The van der Waals surface area contributed by atoms with Gasteiger partial charge in [0.15, 0.2) is 5.79 Å². The monoisotopic (exact) mass is 285 g/mol. The third-order valence-corrected chi connectivity index (χ3v) is 4.48. The van der Waals surface area contributed by atoms with Crippen molar-refractivity contribution in [3.8, 4) is 5.75 Å². The zero-order chi connectivity index (χ0) is 14.3. The highest BCUT2D eigenvalue weighted by Gasteiger charge is 2.37. The van der Waals surface area contributed by atoms with Gasteiger partial charge in [0.25, 0.3) is 0 Å². The van der Waals surface area contributed by atoms with Crippen LogP contribution in [0.1, 0.15) is 24.8 Å². The second-order valence-electron chi connectivity index (χ2n) is 5.65. The van der Waals surface area contributed by atoms with E-state index >= 15 is 0 Å². The standard InChI is InChI=1S/C17H19NO3/c1-19-13-2-3-16-14(10-13)15(11-18-16)12-4-6-17(7-5-12)20-8-9-21-17/h2-4,10-11,18H,5-9H2,1H3. The van der Waals surface area contributed by atoms with E-state index in [0.29, 0.717) is 13.2 Å². The third kappa shape index (κ3) is 2.15. The lowest BCUT2D eigenvalue weighted by molar-refractivity contribution is -0.159. The van der Waals surface area contributed by atoms with E-state index in [9.17, 15) is 0 Å². The van der Waals surface area contributed by atoms with Gasteiger partial charge < -0.3 is 19.2 Å². The van der Waals surface area contributed by atoms with E-state index in [4.69, 9.17) is 14.2 Å². The Kier molecular flexibility index (Phi) is 3.01. The third-order valence-electron chi connectivity index (χ3n) is 4.48. The first-order valence-electron chi connectivity index (χ1n) is 7.42. The maximum Gasteiger partial charge on any atom is 0.172 e. The van der Waals surface area contributed by atoms with Crippen LogP contribution in [0.2, 0.25) is 0 Å². The van der Waals surface area contributed by atoms with Gasteiger partial charge in [-0.3, -0.25) is 0 Å². The average Bonchev–Trinajstić information content (AvgIpc) is 3.15. The SMILES string of the molecule is COc1ccc2[nH]cc(C3=CCC4(CC3)OCCO4)c2c1. The molecule has 0 amide bonds. The van der Waals surface area contributed by atoms with Crippen molar-refractivity contribution in [2.75, 3.05) is 20.3 Å². The number of hydrogen-bond donors (Lipinski definition) is 1. The molecule has 1 aliphatic heterocycles. The van der Waals surface area contributed by atoms with Crippen molar-refractivity contribution in [2.45, 2.75) is 25.0 Å². The Bertz CT molecular complexity index is 695. The van der Waals surface area contributed by atoms with Crippen molar-refractivity contribution >= 4 is 16.5 Å². The van der Waals surface area contributed by atoms with Crippen LogP contribution in [0.4, 0.5) is 0 Å². The predicted octanol–water partition coefficient (Wildman–Crippen LogP) is 3.49. The summed E-state index contributed by atoms with van der Waals surface area (Å²) in [5, 5.41) is 1.21. The molecule has 4 heteroatoms. The zero-order valence-corrected chi connectivity index (χ0v) is 12.1. The first kappa shape index (κ1) is 12.9. The lowest BCUT2D eigenvalue weighted by Gasteiger charge is -2.30. The quantitative estimate of drug-likeness (QED) is 0.918. The lowest BCUT2D eigenvalue weighted by atomic mass is 9.89. The smallest absolute Gasteiger partial charge is 0.172 e. The van der Waals surface area contributed by atoms with Crippen molar-refractivity contribution in [3.63, 3.8) is 0 Å². The number of aromatic amines is 1. The number of nitrogens with one attached hydrogen (secondary N) is 1. The van der Waals surface area contributed by atoms with Crippen LogP contribution >= 0.6 is 0 Å². The molecule has 1 fully saturated rings. The fraction of sp³-hybridized carbons (Fsp3) is 0.412. The molecule has 0 bridgehead atoms. The van der Waals surface area contributed by atoms with E-state index in [2.05, 4.69) is 29.4 Å². The maximum absolute atomic E-state index is 5.78. The second kappa shape index (κ2) is 4.90. The summed E-state index contributed by atoms with van der Waals surface area (Å²) in [6.45, 7) is 1.43. The molecule has 1 aliphatic carbocycles. The molecule has 2 heterocycles. The van der Waals surface area contributed by atoms with Gasteiger partial charge in [0.1, 0.15) is 5.75 Å². The highest BCUT2D eigenvalue weighted by atomic mass is 16.7. The second-order valence-corrected chi connectivity index (χ2v) is 5.65. The molecule has 21 heavy (non-hydrogen) atoms. The highest BCUT2D eigenvalue weighted by molar-refractivity contribution is 5.93. The maximum atomic E-state index is 5.78. The van der Waals surface area contributed by atoms with Gasteiger partial charge in [0.2, 0.25) is 0 Å². The number of H-pyrrole nitrogens is 1. The summed E-state index contributed by atoms with van der Waals surface area (Å²) < 4.78 is 16.9. The minimum absolute atomic E-state index is 0.354. The largest absolute Gasteiger partial charge is 0.497 e. The Morgan fingerprint density at radius 2 is 2.10 bits per heavy atom. The molecule has 110 valence electrons. The summed E-state index contributed by atoms with van der Waals surface area (Å²) in [4.78, 5) is 3.34. The lowest BCUT2D eigenvalue weighted by Crippen LogP contribution is -2.31. The Hall–Kier alpha value is -1.78. The Morgan fingerprint density at radius 1 is 1.24 bits per heavy atom. The molecule has 4 nitrogen and oxygen atoms in total. The number of allylic oxidation sites excluding steroid dienone is 1. The van der Waals surface area contributed by atoms with Gasteiger partial charge in [0.05, 0.1) is 20.3 Å². The van der Waals surface area contributed by atoms with E-state index in [-0.39, 0.29) is 5.79 Å². The minimum atomic E-state index is -0.354. The van der Waals surface area contributed by atoms with Gasteiger partial charge in [-0.1, -0.05) is 6.08 Å². The zero-order valence-electron chi connectivity index (χ0n) is 12.1. The molecule has 2 aliphatic rings. The van der Waals surface area contributed by atoms with Gasteiger partial charge >= 0.3 is 0 Å². The summed E-state index contributed by atoms with van der Waals surface area (Å²) >= 11 is 0. The number of fused-ring (bicyclic) bond motifs is 1. The number of ether oxygens (including phenoxy) is 3. The van der Waals surface area contributed by atoms with E-state index < -0.39 is 0 Å². The molecule has 1 aromatic carbocycles. The number of hydrogen-bond acceptors (Lipinski definition) is 3. The van der Waals surface area contributed by atoms with Gasteiger partial charge in [0, 0.05) is 35.5 Å². The van der Waals surface area contributed by atoms with E-state index in [0.717, 1.165) is 30.5 Å². The summed E-state index contributed by atoms with van der Waals surface area (Å²) in [7, 11) is 1.70. The van der Waals surface area contributed by atoms with E-state index in [1.54, 1.807) is 7.11 Å². The van der Waals surface area contributed by atoms with Crippen LogP contribution in [0.3, 0.4) is 0 Å². The minimum Gasteiger partial charge on any atom is -0.497 e. The number of rotatable bonds is 2. The normalized spacial score (nSPS) is 20.9. The molecule has 0 saturated carbocycles. The van der Waals surface area contributed by atoms with Crippen LogP contribution in [0, 0.1) is 0 Å². The molecule has 0 radical (unpaired) electrons. The van der Waals surface area contributed by atoms with E-state index in [1.165, 1.54) is 16.5 Å². The first-order valence-corrected chi connectivity index (χ1v) is 7.42. The molecule has 1 aromatic heterocycles. The molecule has 1 saturated heterocycles. The van der Waals surface area contributed by atoms with Crippen LogP contribution in [-0.2, 0) is 9.47 Å². The number of methoxy groups -OCH3 is 1. The summed E-state index contributed by atoms with van der Waals surface area (Å²) in [6, 6.07) is 6.13. The molecule has 1 N–H and O–H groups in total. The van der Waals surface area contributed by atoms with Crippen LogP contribution in [0.5, 0.6) is 5.75 Å². The first-order chi connectivity index (χ1) is 10.3. The molecule has 2 aromatic rings. The van der Waals surface area contributed by atoms with Gasteiger partial charge in [-0.2, -0.15) is 0 Å². The fourth-order valence-electron chi connectivity index (χ4n) is 3.30. The Labute approximate surface area is 123 Å². The molecule has 1 spiro atoms. The highest BCUT2D eigenvalue weighted by Crippen LogP contribution is 2.40.